The molecule has 0 saturated carbocycles. The van der Waals surface area contributed by atoms with Crippen molar-refractivity contribution >= 4 is 92.5 Å². The molecule has 4 fully saturated rings. The van der Waals surface area contributed by atoms with Crippen molar-refractivity contribution in [3.05, 3.63) is 146 Å². The Hall–Kier alpha value is -5.53. The number of carbonyl (C=O) groups is 1. The Bertz CT molecular complexity index is 3200. The topological polar surface area (TPSA) is 63.2 Å². The van der Waals surface area contributed by atoms with Crippen molar-refractivity contribution in [2.45, 2.75) is 91.0 Å². The van der Waals surface area contributed by atoms with Gasteiger partial charge in [0.05, 0.1) is 26.1 Å². The maximum atomic E-state index is 12.5. The molecule has 0 N–H and O–H groups in total. The summed E-state index contributed by atoms with van der Waals surface area (Å²) in [5.74, 6) is 9.48. The number of benzene rings is 8. The van der Waals surface area contributed by atoms with E-state index in [9.17, 15) is 39.9 Å². The molecule has 8 aromatic carbocycles. The molecule has 0 radical (unpaired) electrons. The summed E-state index contributed by atoms with van der Waals surface area (Å²) in [5, 5.41) is 8.35. The van der Waals surface area contributed by atoms with E-state index >= 15 is 0 Å². The average molecular weight is 1180 g/mol. The van der Waals surface area contributed by atoms with E-state index in [0.717, 1.165) is 78.3 Å². The number of Topliss-reactive ketones (excluding diaryl/α,β-unsaturated/α-hetero) is 1. The summed E-state index contributed by atoms with van der Waals surface area (Å²) in [4.78, 5) is 15.9. The maximum absolute atomic E-state index is 12.5. The van der Waals surface area contributed by atoms with Crippen LogP contribution in [0.4, 0.5) is 35.1 Å². The SMILES string of the molecule is FC(F)Oc1cc([S+]2CCCC2)c2ccccc2c1.FC(F)Oc1cc([S+]2CCCCC2)c2ccccc2c1.FC(F)Oc1cc([S+]2CCOCC2)c2ccccc2c1.O=C1CC[S+](c2cc(OC(F)F)cc3ccccc23)CC1. The van der Waals surface area contributed by atoms with Crippen molar-refractivity contribution in [3.8, 4) is 23.0 Å². The second-order valence-corrected chi connectivity index (χ2v) is 28.1. The van der Waals surface area contributed by atoms with E-state index in [4.69, 9.17) is 4.74 Å². The molecule has 0 spiro atoms. The normalized spacial score (nSPS) is 16.6. The van der Waals surface area contributed by atoms with E-state index in [-0.39, 0.29) is 66.6 Å². The highest BCUT2D eigenvalue weighted by molar-refractivity contribution is 7.98. The molecule has 12 rings (SSSR count). The van der Waals surface area contributed by atoms with E-state index in [1.54, 1.807) is 36.4 Å². The number of halogens is 8. The molecular formula is C62H62F8O6S4+4. The molecule has 80 heavy (non-hydrogen) atoms. The fourth-order valence-corrected chi connectivity index (χ4v) is 19.7. The van der Waals surface area contributed by atoms with E-state index < -0.39 is 26.4 Å². The summed E-state index contributed by atoms with van der Waals surface area (Å²) in [7, 11) is 0.320. The molecule has 6 nitrogen and oxygen atoms in total. The Labute approximate surface area is 472 Å². The first-order valence-corrected chi connectivity index (χ1v) is 32.8. The Balaban J connectivity index is 0.000000129. The van der Waals surface area contributed by atoms with Crippen LogP contribution in [0.2, 0.25) is 0 Å². The lowest BCUT2D eigenvalue weighted by Gasteiger charge is -2.16. The van der Waals surface area contributed by atoms with Crippen LogP contribution in [0.15, 0.2) is 165 Å². The number of alkyl halides is 8. The largest absolute Gasteiger partial charge is 0.435 e. The first-order chi connectivity index (χ1) is 38.8. The molecule has 0 aromatic heterocycles. The average Bonchev–Trinajstić information content (AvgIpc) is 4.01. The fourth-order valence-electron chi connectivity index (χ4n) is 10.2. The predicted octanol–water partition coefficient (Wildman–Crippen LogP) is 16.0. The minimum Gasteiger partial charge on any atom is -0.435 e. The standard InChI is InChI=1S/C16H15F2O2S.C16H17F2OS.C15H15F2O2S.C15H15F2OS/c17-16(18)20-13-9-11-3-1-2-4-14(11)15(10-13)21-7-5-12(19)6-8-21;17-16(18)19-13-10-12-6-2-3-7-14(12)15(11-13)20-8-4-1-5-9-20;16-15(17)19-12-9-11-3-1-2-4-13(11)14(10-12)20-7-5-18-6-8-20;16-15(17)18-12-9-11-5-1-2-6-13(11)14(10-12)19-7-3-4-8-19/h1-4,9-10,16H,5-8H2;2-3,6-7,10-11,16H,1,4-5,8-9H2;1-4,9-10,15H,5-8H2;1-2,5-6,9-10,15H,3-4,7-8H2/q4*+1. The van der Waals surface area contributed by atoms with Crippen molar-refractivity contribution in [2.75, 3.05) is 59.2 Å². The molecule has 0 atom stereocenters. The van der Waals surface area contributed by atoms with Crippen molar-refractivity contribution in [2.24, 2.45) is 0 Å². The summed E-state index contributed by atoms with van der Waals surface area (Å²) >= 11 is 0. The van der Waals surface area contributed by atoms with Crippen LogP contribution >= 0.6 is 0 Å². The van der Waals surface area contributed by atoms with Gasteiger partial charge in [0.2, 0.25) is 0 Å². The zero-order chi connectivity index (χ0) is 56.0. The zero-order valence-electron chi connectivity index (χ0n) is 43.8. The van der Waals surface area contributed by atoms with Gasteiger partial charge >= 0.3 is 26.4 Å². The molecule has 0 unspecified atom stereocenters. The summed E-state index contributed by atoms with van der Waals surface area (Å²) in [6.07, 6.45) is 7.38. The molecule has 422 valence electrons. The Morgan fingerprint density at radius 1 is 0.338 bits per heavy atom. The number of hydrogen-bond acceptors (Lipinski definition) is 6. The van der Waals surface area contributed by atoms with Crippen molar-refractivity contribution in [3.63, 3.8) is 0 Å². The molecule has 4 heterocycles. The van der Waals surface area contributed by atoms with Gasteiger partial charge in [-0.1, -0.05) is 72.8 Å². The molecule has 4 aliphatic rings. The van der Waals surface area contributed by atoms with Gasteiger partial charge in [0.15, 0.2) is 19.6 Å². The van der Waals surface area contributed by atoms with Crippen LogP contribution in [0.1, 0.15) is 44.9 Å². The maximum Gasteiger partial charge on any atom is 0.387 e. The lowest BCUT2D eigenvalue weighted by atomic mass is 10.1. The van der Waals surface area contributed by atoms with Crippen LogP contribution in [0, 0.1) is 0 Å². The Morgan fingerprint density at radius 2 is 0.600 bits per heavy atom. The second kappa shape index (κ2) is 28.9. The van der Waals surface area contributed by atoms with Crippen LogP contribution in [0.25, 0.3) is 43.1 Å². The van der Waals surface area contributed by atoms with Gasteiger partial charge in [-0.2, -0.15) is 35.1 Å². The zero-order valence-corrected chi connectivity index (χ0v) is 47.1. The van der Waals surface area contributed by atoms with Gasteiger partial charge in [0, 0.05) is 89.4 Å². The van der Waals surface area contributed by atoms with Crippen LogP contribution in [0.3, 0.4) is 0 Å². The van der Waals surface area contributed by atoms with E-state index in [2.05, 4.69) is 31.1 Å². The highest BCUT2D eigenvalue weighted by Crippen LogP contribution is 2.38. The van der Waals surface area contributed by atoms with Gasteiger partial charge < -0.3 is 23.7 Å². The molecule has 4 aliphatic heterocycles. The minimum absolute atomic E-state index is 0.0424. The predicted molar refractivity (Wildman–Crippen MR) is 312 cm³/mol. The smallest absolute Gasteiger partial charge is 0.387 e. The molecule has 8 aromatic rings. The number of hydrogen-bond donors (Lipinski definition) is 0. The van der Waals surface area contributed by atoms with Crippen LogP contribution in [0.5, 0.6) is 23.0 Å². The van der Waals surface area contributed by atoms with Crippen molar-refractivity contribution in [1.29, 1.82) is 0 Å². The summed E-state index contributed by atoms with van der Waals surface area (Å²) < 4.78 is 123. The van der Waals surface area contributed by atoms with E-state index in [0.29, 0.717) is 18.6 Å². The number of carbonyl (C=O) groups excluding carboxylic acids is 1. The van der Waals surface area contributed by atoms with Gasteiger partial charge in [0.1, 0.15) is 74.8 Å². The second-order valence-electron chi connectivity index (χ2n) is 19.1. The fraction of sp³-hybridized carbons (Fsp3) is 0.339. The minimum atomic E-state index is -2.82. The molecule has 0 bridgehead atoms. The lowest BCUT2D eigenvalue weighted by molar-refractivity contribution is -0.118. The van der Waals surface area contributed by atoms with Crippen molar-refractivity contribution in [1.82, 2.24) is 0 Å². The number of ketones is 1. The number of ether oxygens (including phenoxy) is 5. The third-order valence-electron chi connectivity index (χ3n) is 13.8. The van der Waals surface area contributed by atoms with Crippen LogP contribution < -0.4 is 18.9 Å². The van der Waals surface area contributed by atoms with Gasteiger partial charge in [-0.15, -0.1) is 0 Å². The summed E-state index contributed by atoms with van der Waals surface area (Å²) in [6.45, 7) is -9.67. The van der Waals surface area contributed by atoms with Crippen molar-refractivity contribution < 1.29 is 63.6 Å². The summed E-state index contributed by atoms with van der Waals surface area (Å²) in [6, 6.07) is 45.4. The first-order valence-electron chi connectivity index (χ1n) is 26.5. The third-order valence-corrected chi connectivity index (χ3v) is 23.5. The Morgan fingerprint density at radius 3 is 0.900 bits per heavy atom. The number of fused-ring (bicyclic) bond motifs is 4. The van der Waals surface area contributed by atoms with Gasteiger partial charge in [-0.05, 0) is 102 Å². The van der Waals surface area contributed by atoms with Gasteiger partial charge in [-0.25, -0.2) is 0 Å². The molecule has 4 saturated heterocycles. The number of rotatable bonds is 12. The van der Waals surface area contributed by atoms with Crippen LogP contribution in [-0.2, 0) is 53.1 Å². The van der Waals surface area contributed by atoms with Gasteiger partial charge in [0.25, 0.3) is 0 Å². The molecular weight excluding hydrogens is 1120 g/mol. The van der Waals surface area contributed by atoms with E-state index in [1.807, 2.05) is 97.1 Å². The van der Waals surface area contributed by atoms with Gasteiger partial charge in [-0.3, -0.25) is 4.79 Å². The lowest BCUT2D eigenvalue weighted by Crippen LogP contribution is -2.26. The first kappa shape index (κ1) is 59.1. The summed E-state index contributed by atoms with van der Waals surface area (Å²) in [5.41, 5.74) is 0. The third kappa shape index (κ3) is 16.1. The highest BCUT2D eigenvalue weighted by Gasteiger charge is 2.33. The monoisotopic (exact) mass is 1180 g/mol. The van der Waals surface area contributed by atoms with Crippen LogP contribution in [-0.4, -0.2) is 91.5 Å². The molecule has 18 heteroatoms. The quantitative estimate of drug-likeness (QED) is 0.0897. The highest BCUT2D eigenvalue weighted by atomic mass is 32.2. The van der Waals surface area contributed by atoms with E-state index in [1.165, 1.54) is 75.7 Å². The molecule has 0 aliphatic carbocycles. The Kier molecular flexibility index (Phi) is 21.4. The molecule has 0 amide bonds.